The quantitative estimate of drug-likeness (QED) is 0.226. The van der Waals surface area contributed by atoms with Gasteiger partial charge in [0.25, 0.3) is 0 Å². The van der Waals surface area contributed by atoms with Crippen LogP contribution in [0.2, 0.25) is 0 Å². The minimum Gasteiger partial charge on any atom is -0.0636 e. The predicted molar refractivity (Wildman–Crippen MR) is 179 cm³/mol. The zero-order valence-electron chi connectivity index (χ0n) is 25.8. The van der Waals surface area contributed by atoms with E-state index in [0.29, 0.717) is 0 Å². The SMILES string of the molecule is CC(C)(C)P(c1ccc2ccccc2c1-c1c(P(C(C)(C)C)C(C)(C)C)ccc2ccccc12)C(C)(C)C. The molecule has 0 N–H and O–H groups in total. The zero-order chi connectivity index (χ0) is 28.3. The summed E-state index contributed by atoms with van der Waals surface area (Å²) in [6, 6.07) is 27.9. The van der Waals surface area contributed by atoms with Crippen molar-refractivity contribution in [2.24, 2.45) is 0 Å². The lowest BCUT2D eigenvalue weighted by Gasteiger charge is -2.45. The van der Waals surface area contributed by atoms with Crippen LogP contribution < -0.4 is 10.6 Å². The van der Waals surface area contributed by atoms with Crippen LogP contribution in [0.4, 0.5) is 0 Å². The highest BCUT2D eigenvalue weighted by Crippen LogP contribution is 2.62. The third kappa shape index (κ3) is 5.60. The Balaban J connectivity index is 2.29. The molecule has 0 aliphatic carbocycles. The molecule has 0 saturated carbocycles. The van der Waals surface area contributed by atoms with Gasteiger partial charge in [-0.05, 0) is 63.9 Å². The Morgan fingerprint density at radius 2 is 0.658 bits per heavy atom. The van der Waals surface area contributed by atoms with Gasteiger partial charge >= 0.3 is 0 Å². The summed E-state index contributed by atoms with van der Waals surface area (Å²) in [5, 5.41) is 9.24. The van der Waals surface area contributed by atoms with Crippen LogP contribution in [0.25, 0.3) is 32.7 Å². The Hall–Kier alpha value is -1.74. The van der Waals surface area contributed by atoms with Gasteiger partial charge in [0, 0.05) is 0 Å². The van der Waals surface area contributed by atoms with Crippen molar-refractivity contribution in [1.29, 1.82) is 0 Å². The first-order chi connectivity index (χ1) is 17.4. The highest BCUT2D eigenvalue weighted by molar-refractivity contribution is 7.69. The number of fused-ring (bicyclic) bond motifs is 2. The molecule has 4 aromatic carbocycles. The van der Waals surface area contributed by atoms with Crippen molar-refractivity contribution in [1.82, 2.24) is 0 Å². The smallest absolute Gasteiger partial charge is 0.00153 e. The Kier molecular flexibility index (Phi) is 7.71. The molecule has 2 heteroatoms. The summed E-state index contributed by atoms with van der Waals surface area (Å²) in [6.45, 7) is 29.4. The summed E-state index contributed by atoms with van der Waals surface area (Å²) in [5.74, 6) is 0. The van der Waals surface area contributed by atoms with E-state index in [1.54, 1.807) is 10.6 Å². The second kappa shape index (κ2) is 10.0. The maximum atomic E-state index is 2.49. The fourth-order valence-electron chi connectivity index (χ4n) is 6.88. The fraction of sp³-hybridized carbons (Fsp3) is 0.444. The molecular formula is C36H48P2. The van der Waals surface area contributed by atoms with Gasteiger partial charge in [0.15, 0.2) is 0 Å². The van der Waals surface area contributed by atoms with Gasteiger partial charge in [0.2, 0.25) is 0 Å². The van der Waals surface area contributed by atoms with E-state index in [1.807, 2.05) is 0 Å². The molecular weight excluding hydrogens is 494 g/mol. The maximum absolute atomic E-state index is 2.49. The summed E-state index contributed by atoms with van der Waals surface area (Å²) in [4.78, 5) is 0. The molecule has 0 radical (unpaired) electrons. The lowest BCUT2D eigenvalue weighted by molar-refractivity contribution is 0.714. The van der Waals surface area contributed by atoms with Crippen LogP contribution in [0.5, 0.6) is 0 Å². The lowest BCUT2D eigenvalue weighted by Crippen LogP contribution is -2.34. The van der Waals surface area contributed by atoms with Crippen molar-refractivity contribution in [2.45, 2.75) is 104 Å². The van der Waals surface area contributed by atoms with Crippen LogP contribution in [-0.2, 0) is 0 Å². The largest absolute Gasteiger partial charge is 0.0636 e. The van der Waals surface area contributed by atoms with E-state index < -0.39 is 15.8 Å². The minimum absolute atomic E-state index is 0.175. The topological polar surface area (TPSA) is 0 Å². The van der Waals surface area contributed by atoms with Crippen molar-refractivity contribution in [3.8, 4) is 11.1 Å². The molecule has 0 bridgehead atoms. The van der Waals surface area contributed by atoms with Crippen LogP contribution in [-0.4, -0.2) is 20.6 Å². The van der Waals surface area contributed by atoms with E-state index >= 15 is 0 Å². The third-order valence-electron chi connectivity index (χ3n) is 7.23. The monoisotopic (exact) mass is 542 g/mol. The summed E-state index contributed by atoms with van der Waals surface area (Å²) >= 11 is 0. The molecule has 0 heterocycles. The Morgan fingerprint density at radius 3 is 0.947 bits per heavy atom. The average Bonchev–Trinajstić information content (AvgIpc) is 2.75. The van der Waals surface area contributed by atoms with Gasteiger partial charge in [-0.15, -0.1) is 0 Å². The molecule has 0 aliphatic heterocycles. The first-order valence-electron chi connectivity index (χ1n) is 14.1. The Labute approximate surface area is 235 Å². The number of hydrogen-bond acceptors (Lipinski definition) is 0. The average molecular weight is 543 g/mol. The Morgan fingerprint density at radius 1 is 0.368 bits per heavy atom. The minimum atomic E-state index is -0.492. The van der Waals surface area contributed by atoms with Crippen molar-refractivity contribution in [3.63, 3.8) is 0 Å². The van der Waals surface area contributed by atoms with Gasteiger partial charge in [-0.25, -0.2) is 0 Å². The lowest BCUT2D eigenvalue weighted by atomic mass is 9.93. The zero-order valence-corrected chi connectivity index (χ0v) is 27.6. The molecule has 202 valence electrons. The van der Waals surface area contributed by atoms with Gasteiger partial charge in [0.05, 0.1) is 0 Å². The van der Waals surface area contributed by atoms with Gasteiger partial charge in [-0.1, -0.05) is 172 Å². The van der Waals surface area contributed by atoms with Gasteiger partial charge in [0.1, 0.15) is 0 Å². The van der Waals surface area contributed by atoms with E-state index in [9.17, 15) is 0 Å². The van der Waals surface area contributed by atoms with Crippen LogP contribution >= 0.6 is 15.8 Å². The van der Waals surface area contributed by atoms with Crippen molar-refractivity contribution in [2.75, 3.05) is 0 Å². The molecule has 4 rings (SSSR count). The number of benzene rings is 4. The Bertz CT molecular complexity index is 1310. The molecule has 0 amide bonds. The van der Waals surface area contributed by atoms with Crippen molar-refractivity contribution >= 4 is 48.0 Å². The summed E-state index contributed by atoms with van der Waals surface area (Å²) in [7, 11) is -0.983. The maximum Gasteiger partial charge on any atom is -0.00153 e. The predicted octanol–water partition coefficient (Wildman–Crippen LogP) is 11.1. The molecule has 4 aromatic rings. The summed E-state index contributed by atoms with van der Waals surface area (Å²) in [5.41, 5.74) is 2.96. The molecule has 0 aromatic heterocycles. The fourth-order valence-corrected chi connectivity index (χ4v) is 15.2. The van der Waals surface area contributed by atoms with E-state index in [1.165, 1.54) is 32.7 Å². The molecule has 0 spiro atoms. The van der Waals surface area contributed by atoms with Crippen molar-refractivity contribution < 1.29 is 0 Å². The molecule has 0 unspecified atom stereocenters. The second-order valence-electron chi connectivity index (χ2n) is 14.7. The number of rotatable bonds is 3. The van der Waals surface area contributed by atoms with E-state index in [2.05, 4.69) is 156 Å². The molecule has 0 aliphatic rings. The van der Waals surface area contributed by atoms with Gasteiger partial charge in [-0.2, -0.15) is 0 Å². The van der Waals surface area contributed by atoms with Gasteiger partial charge in [-0.3, -0.25) is 0 Å². The van der Waals surface area contributed by atoms with E-state index in [-0.39, 0.29) is 20.6 Å². The first kappa shape index (κ1) is 29.2. The highest BCUT2D eigenvalue weighted by atomic mass is 31.1. The third-order valence-corrected chi connectivity index (χ3v) is 14.3. The molecule has 0 atom stereocenters. The van der Waals surface area contributed by atoms with Crippen LogP contribution in [0.1, 0.15) is 83.1 Å². The normalized spacial score (nSPS) is 13.7. The summed E-state index contributed by atoms with van der Waals surface area (Å²) in [6.07, 6.45) is 0. The highest BCUT2D eigenvalue weighted by Gasteiger charge is 2.40. The molecule has 0 nitrogen and oxygen atoms in total. The van der Waals surface area contributed by atoms with Crippen LogP contribution in [0.3, 0.4) is 0 Å². The number of hydrogen-bond donors (Lipinski definition) is 0. The molecule has 38 heavy (non-hydrogen) atoms. The van der Waals surface area contributed by atoms with Crippen LogP contribution in [0.15, 0.2) is 72.8 Å². The molecule has 0 fully saturated rings. The summed E-state index contributed by atoms with van der Waals surface area (Å²) < 4.78 is 0. The van der Waals surface area contributed by atoms with Gasteiger partial charge < -0.3 is 0 Å². The first-order valence-corrected chi connectivity index (χ1v) is 16.8. The standard InChI is InChI=1S/C36H48P2/c1-33(2,3)37(34(4,5)6)29-23-21-25-17-13-15-19-27(25)31(29)32-28-20-16-14-18-26(28)22-24-30(32)38(35(7,8)9)36(10,11)12/h13-24H,1-12H3. The molecule has 0 saturated heterocycles. The van der Waals surface area contributed by atoms with E-state index in [4.69, 9.17) is 0 Å². The van der Waals surface area contributed by atoms with Crippen molar-refractivity contribution in [3.05, 3.63) is 72.8 Å². The van der Waals surface area contributed by atoms with Crippen LogP contribution in [0, 0.1) is 0 Å². The van der Waals surface area contributed by atoms with E-state index in [0.717, 1.165) is 0 Å². The second-order valence-corrected chi connectivity index (χ2v) is 22.4.